The lowest BCUT2D eigenvalue weighted by atomic mass is 9.94. The van der Waals surface area contributed by atoms with Crippen LogP contribution in [0.2, 0.25) is 0 Å². The summed E-state index contributed by atoms with van der Waals surface area (Å²) in [6.45, 7) is 0. The standard InChI is InChI=1S/C14H21BrN2/c1-16-14(7-11-4-2-3-5-11)8-12-6-13(15)10-17-9-12/h6,9-11,14,16H,2-5,7-8H2,1H3. The molecule has 0 radical (unpaired) electrons. The Balaban J connectivity index is 1.90. The molecule has 0 aliphatic heterocycles. The third-order valence-corrected chi connectivity index (χ3v) is 4.18. The van der Waals surface area contributed by atoms with Gasteiger partial charge in [-0.05, 0) is 53.4 Å². The van der Waals surface area contributed by atoms with Crippen LogP contribution in [0.3, 0.4) is 0 Å². The zero-order valence-electron chi connectivity index (χ0n) is 10.5. The van der Waals surface area contributed by atoms with Crippen LogP contribution in [-0.2, 0) is 6.42 Å². The van der Waals surface area contributed by atoms with Crippen LogP contribution in [0, 0.1) is 5.92 Å². The number of nitrogens with zero attached hydrogens (tertiary/aromatic N) is 1. The van der Waals surface area contributed by atoms with Crippen LogP contribution in [0.25, 0.3) is 0 Å². The molecule has 0 amide bonds. The summed E-state index contributed by atoms with van der Waals surface area (Å²) in [6.07, 6.45) is 11.9. The lowest BCUT2D eigenvalue weighted by Crippen LogP contribution is -2.29. The number of hydrogen-bond acceptors (Lipinski definition) is 2. The first-order valence-corrected chi connectivity index (χ1v) is 7.34. The fraction of sp³-hybridized carbons (Fsp3) is 0.643. The maximum atomic E-state index is 4.23. The number of nitrogens with one attached hydrogen (secondary N) is 1. The van der Waals surface area contributed by atoms with Crippen molar-refractivity contribution >= 4 is 15.9 Å². The van der Waals surface area contributed by atoms with Gasteiger partial charge in [0.05, 0.1) is 0 Å². The molecule has 1 fully saturated rings. The van der Waals surface area contributed by atoms with Crippen molar-refractivity contribution in [3.63, 3.8) is 0 Å². The second-order valence-corrected chi connectivity index (χ2v) is 6.00. The first kappa shape index (κ1) is 13.0. The number of halogens is 1. The van der Waals surface area contributed by atoms with Crippen LogP contribution >= 0.6 is 15.9 Å². The lowest BCUT2D eigenvalue weighted by Gasteiger charge is -2.20. The van der Waals surface area contributed by atoms with Crippen molar-refractivity contribution in [2.45, 2.75) is 44.6 Å². The van der Waals surface area contributed by atoms with E-state index in [1.165, 1.54) is 37.7 Å². The molecule has 1 aliphatic carbocycles. The molecule has 0 aromatic carbocycles. The largest absolute Gasteiger partial charge is 0.317 e. The average Bonchev–Trinajstić information content (AvgIpc) is 2.81. The molecule has 1 aliphatic rings. The van der Waals surface area contributed by atoms with Gasteiger partial charge in [-0.3, -0.25) is 4.98 Å². The highest BCUT2D eigenvalue weighted by Crippen LogP contribution is 2.29. The Kier molecular flexibility index (Phi) is 4.99. The highest BCUT2D eigenvalue weighted by Gasteiger charge is 2.19. The number of likely N-dealkylation sites (N-methyl/N-ethyl adjacent to an activating group) is 1. The molecule has 2 nitrogen and oxygen atoms in total. The summed E-state index contributed by atoms with van der Waals surface area (Å²) in [5.74, 6) is 0.938. The molecule has 0 bridgehead atoms. The Hall–Kier alpha value is -0.410. The molecule has 1 atom stereocenters. The second-order valence-electron chi connectivity index (χ2n) is 5.09. The van der Waals surface area contributed by atoms with Crippen LogP contribution in [0.1, 0.15) is 37.7 Å². The van der Waals surface area contributed by atoms with E-state index in [-0.39, 0.29) is 0 Å². The Bertz CT molecular complexity index is 348. The van der Waals surface area contributed by atoms with Gasteiger partial charge in [-0.2, -0.15) is 0 Å². The quantitative estimate of drug-likeness (QED) is 0.899. The predicted octanol–water partition coefficient (Wildman–Crippen LogP) is 3.55. The molecular weight excluding hydrogens is 276 g/mol. The van der Waals surface area contributed by atoms with Gasteiger partial charge in [0.25, 0.3) is 0 Å². The summed E-state index contributed by atoms with van der Waals surface area (Å²) in [7, 11) is 2.07. The van der Waals surface area contributed by atoms with Crippen molar-refractivity contribution in [3.05, 3.63) is 28.5 Å². The Labute approximate surface area is 112 Å². The van der Waals surface area contributed by atoms with Crippen LogP contribution < -0.4 is 5.32 Å². The molecule has 1 saturated carbocycles. The minimum absolute atomic E-state index is 0.592. The Morgan fingerprint density at radius 3 is 2.82 bits per heavy atom. The van der Waals surface area contributed by atoms with Crippen LogP contribution in [0.15, 0.2) is 22.9 Å². The maximum Gasteiger partial charge on any atom is 0.0410 e. The maximum absolute atomic E-state index is 4.23. The molecule has 1 aromatic heterocycles. The molecule has 94 valence electrons. The van der Waals surface area contributed by atoms with Gasteiger partial charge in [-0.25, -0.2) is 0 Å². The molecule has 0 saturated heterocycles. The summed E-state index contributed by atoms with van der Waals surface area (Å²) < 4.78 is 1.07. The Morgan fingerprint density at radius 2 is 2.18 bits per heavy atom. The normalized spacial score (nSPS) is 18.5. The minimum Gasteiger partial charge on any atom is -0.317 e. The van der Waals surface area contributed by atoms with E-state index in [1.807, 2.05) is 12.4 Å². The molecule has 1 N–H and O–H groups in total. The van der Waals surface area contributed by atoms with E-state index in [4.69, 9.17) is 0 Å². The van der Waals surface area contributed by atoms with Gasteiger partial charge in [-0.1, -0.05) is 25.7 Å². The zero-order valence-corrected chi connectivity index (χ0v) is 12.0. The summed E-state index contributed by atoms with van der Waals surface area (Å²) in [5.41, 5.74) is 1.32. The van der Waals surface area contributed by atoms with Crippen LogP contribution in [-0.4, -0.2) is 18.1 Å². The van der Waals surface area contributed by atoms with Gasteiger partial charge in [-0.15, -0.1) is 0 Å². The SMILES string of the molecule is CNC(Cc1cncc(Br)c1)CC1CCCC1. The van der Waals surface area contributed by atoms with Crippen molar-refractivity contribution in [3.8, 4) is 0 Å². The number of rotatable bonds is 5. The topological polar surface area (TPSA) is 24.9 Å². The smallest absolute Gasteiger partial charge is 0.0410 e. The van der Waals surface area contributed by atoms with Gasteiger partial charge < -0.3 is 5.32 Å². The van der Waals surface area contributed by atoms with Gasteiger partial charge >= 0.3 is 0 Å². The van der Waals surface area contributed by atoms with Crippen molar-refractivity contribution in [1.82, 2.24) is 10.3 Å². The first-order chi connectivity index (χ1) is 8.28. The fourth-order valence-electron chi connectivity index (χ4n) is 2.80. The molecule has 0 spiro atoms. The second kappa shape index (κ2) is 6.50. The highest BCUT2D eigenvalue weighted by atomic mass is 79.9. The Morgan fingerprint density at radius 1 is 1.41 bits per heavy atom. The predicted molar refractivity (Wildman–Crippen MR) is 75.1 cm³/mol. The van der Waals surface area contributed by atoms with Crippen LogP contribution in [0.4, 0.5) is 0 Å². The van der Waals surface area contributed by atoms with Crippen molar-refractivity contribution in [2.24, 2.45) is 5.92 Å². The molecular formula is C14H21BrN2. The summed E-state index contributed by atoms with van der Waals surface area (Å²) in [5, 5.41) is 3.45. The van der Waals surface area contributed by atoms with Crippen molar-refractivity contribution in [2.75, 3.05) is 7.05 Å². The van der Waals surface area contributed by atoms with E-state index in [0.29, 0.717) is 6.04 Å². The molecule has 1 heterocycles. The monoisotopic (exact) mass is 296 g/mol. The van der Waals surface area contributed by atoms with E-state index < -0.39 is 0 Å². The third kappa shape index (κ3) is 4.07. The highest BCUT2D eigenvalue weighted by molar-refractivity contribution is 9.10. The first-order valence-electron chi connectivity index (χ1n) is 6.54. The van der Waals surface area contributed by atoms with Gasteiger partial charge in [0.1, 0.15) is 0 Å². The van der Waals surface area contributed by atoms with E-state index in [9.17, 15) is 0 Å². The molecule has 2 rings (SSSR count). The van der Waals surface area contributed by atoms with E-state index in [0.717, 1.165) is 16.8 Å². The zero-order chi connectivity index (χ0) is 12.1. The number of aromatic nitrogens is 1. The molecule has 3 heteroatoms. The summed E-state index contributed by atoms with van der Waals surface area (Å²) in [4.78, 5) is 4.23. The van der Waals surface area contributed by atoms with E-state index in [1.54, 1.807) is 0 Å². The lowest BCUT2D eigenvalue weighted by molar-refractivity contribution is 0.402. The van der Waals surface area contributed by atoms with Crippen LogP contribution in [0.5, 0.6) is 0 Å². The van der Waals surface area contributed by atoms with Crippen molar-refractivity contribution < 1.29 is 0 Å². The molecule has 17 heavy (non-hydrogen) atoms. The van der Waals surface area contributed by atoms with E-state index >= 15 is 0 Å². The van der Waals surface area contributed by atoms with Crippen molar-refractivity contribution in [1.29, 1.82) is 0 Å². The minimum atomic E-state index is 0.592. The van der Waals surface area contributed by atoms with Gasteiger partial charge in [0.15, 0.2) is 0 Å². The summed E-state index contributed by atoms with van der Waals surface area (Å²) in [6, 6.07) is 2.76. The summed E-state index contributed by atoms with van der Waals surface area (Å²) >= 11 is 3.48. The number of pyridine rings is 1. The fourth-order valence-corrected chi connectivity index (χ4v) is 3.22. The number of hydrogen-bond donors (Lipinski definition) is 1. The molecule has 1 unspecified atom stereocenters. The third-order valence-electron chi connectivity index (χ3n) is 3.74. The van der Waals surface area contributed by atoms with Gasteiger partial charge in [0.2, 0.25) is 0 Å². The molecule has 1 aromatic rings. The van der Waals surface area contributed by atoms with E-state index in [2.05, 4.69) is 39.3 Å². The van der Waals surface area contributed by atoms with Gasteiger partial charge in [0, 0.05) is 22.9 Å². The average molecular weight is 297 g/mol.